The van der Waals surface area contributed by atoms with Gasteiger partial charge in [-0.05, 0) is 13.0 Å². The monoisotopic (exact) mass is 317 g/mol. The van der Waals surface area contributed by atoms with Crippen molar-refractivity contribution in [1.29, 1.82) is 0 Å². The van der Waals surface area contributed by atoms with Crippen LogP contribution in [-0.4, -0.2) is 17.6 Å². The second kappa shape index (κ2) is 6.34. The Bertz CT molecular complexity index is 504. The van der Waals surface area contributed by atoms with Crippen LogP contribution in [0.5, 0.6) is 0 Å². The molecule has 1 aromatic heterocycles. The molecule has 1 heterocycles. The van der Waals surface area contributed by atoms with Crippen LogP contribution in [0.15, 0.2) is 6.07 Å². The summed E-state index contributed by atoms with van der Waals surface area (Å²) in [6.07, 6.45) is -8.99. The van der Waals surface area contributed by atoms with Crippen LogP contribution in [0.3, 0.4) is 0 Å². The zero-order valence-corrected chi connectivity index (χ0v) is 10.9. The lowest BCUT2D eigenvalue weighted by atomic mass is 10.1. The van der Waals surface area contributed by atoms with Crippen LogP contribution < -0.4 is 0 Å². The highest BCUT2D eigenvalue weighted by molar-refractivity contribution is 6.30. The van der Waals surface area contributed by atoms with Crippen LogP contribution in [0.25, 0.3) is 0 Å². The van der Waals surface area contributed by atoms with E-state index in [1.165, 1.54) is 6.92 Å². The number of ether oxygens (including phenoxy) is 1. The topological polar surface area (TPSA) is 39.2 Å². The van der Waals surface area contributed by atoms with Gasteiger partial charge < -0.3 is 4.74 Å². The Labute approximate surface area is 115 Å². The number of carbonyl (C=O) groups excluding carboxylic acids is 1. The van der Waals surface area contributed by atoms with Crippen LogP contribution in [0, 0.1) is 0 Å². The largest absolute Gasteiger partial charge is 0.466 e. The molecule has 9 heteroatoms. The summed E-state index contributed by atoms with van der Waals surface area (Å²) in [6, 6.07) is 0.510. The minimum absolute atomic E-state index is 0.0505. The normalized spacial score (nSPS) is 11.8. The standard InChI is InChI=1S/C11H9ClF5NO2/c1-2-20-7(19)4-5-3-6(10(13)14)8(9(12)18-5)11(15,16)17/h3,10H,2,4H2,1H3. The molecule has 0 N–H and O–H groups in total. The molecule has 0 saturated heterocycles. The van der Waals surface area contributed by atoms with Crippen LogP contribution >= 0.6 is 11.6 Å². The number of hydrogen-bond donors (Lipinski definition) is 0. The van der Waals surface area contributed by atoms with E-state index >= 15 is 0 Å². The molecule has 0 aliphatic rings. The van der Waals surface area contributed by atoms with Crippen molar-refractivity contribution < 1.29 is 31.5 Å². The van der Waals surface area contributed by atoms with Crippen molar-refractivity contribution in [2.24, 2.45) is 0 Å². The Balaban J connectivity index is 3.24. The number of halogens is 6. The molecule has 0 radical (unpaired) electrons. The maximum Gasteiger partial charge on any atom is 0.419 e. The molecule has 0 aromatic carbocycles. The average Bonchev–Trinajstić information content (AvgIpc) is 2.26. The zero-order valence-electron chi connectivity index (χ0n) is 10.1. The third kappa shape index (κ3) is 4.03. The quantitative estimate of drug-likeness (QED) is 0.482. The molecule has 0 bridgehead atoms. The first-order valence-corrected chi connectivity index (χ1v) is 5.74. The molecule has 1 aromatic rings. The van der Waals surface area contributed by atoms with E-state index in [1.54, 1.807) is 0 Å². The highest BCUT2D eigenvalue weighted by atomic mass is 35.5. The molecule has 0 aliphatic carbocycles. The molecule has 0 aliphatic heterocycles. The highest BCUT2D eigenvalue weighted by Crippen LogP contribution is 2.40. The summed E-state index contributed by atoms with van der Waals surface area (Å²) in [6.45, 7) is 1.57. The van der Waals surface area contributed by atoms with E-state index in [9.17, 15) is 26.7 Å². The number of hydrogen-bond acceptors (Lipinski definition) is 3. The minimum Gasteiger partial charge on any atom is -0.466 e. The minimum atomic E-state index is -5.06. The number of nitrogens with zero attached hydrogens (tertiary/aromatic N) is 1. The van der Waals surface area contributed by atoms with Gasteiger partial charge in [0.15, 0.2) is 0 Å². The van der Waals surface area contributed by atoms with Gasteiger partial charge in [0.2, 0.25) is 0 Å². The van der Waals surface area contributed by atoms with Crippen molar-refractivity contribution in [2.45, 2.75) is 25.9 Å². The van der Waals surface area contributed by atoms with Gasteiger partial charge in [-0.3, -0.25) is 4.79 Å². The Morgan fingerprint density at radius 1 is 1.45 bits per heavy atom. The first-order valence-electron chi connectivity index (χ1n) is 5.37. The summed E-state index contributed by atoms with van der Waals surface area (Å²) < 4.78 is 67.9. The fourth-order valence-electron chi connectivity index (χ4n) is 1.49. The van der Waals surface area contributed by atoms with Gasteiger partial charge in [0.1, 0.15) is 10.7 Å². The maximum atomic E-state index is 12.7. The number of pyridine rings is 1. The Hall–Kier alpha value is -1.44. The van der Waals surface area contributed by atoms with E-state index in [4.69, 9.17) is 11.6 Å². The van der Waals surface area contributed by atoms with Gasteiger partial charge >= 0.3 is 12.1 Å². The first-order chi connectivity index (χ1) is 9.16. The molecule has 0 fully saturated rings. The Morgan fingerprint density at radius 2 is 2.05 bits per heavy atom. The molecular formula is C11H9ClF5NO2. The van der Waals surface area contributed by atoms with Gasteiger partial charge in [0.25, 0.3) is 6.43 Å². The number of aromatic nitrogens is 1. The third-order valence-corrected chi connectivity index (χ3v) is 2.48. The summed E-state index contributed by atoms with van der Waals surface area (Å²) in [4.78, 5) is 14.5. The summed E-state index contributed by atoms with van der Waals surface area (Å²) in [5.74, 6) is -0.795. The van der Waals surface area contributed by atoms with E-state index in [-0.39, 0.29) is 12.3 Å². The number of esters is 1. The predicted molar refractivity (Wildman–Crippen MR) is 59.5 cm³/mol. The lowest BCUT2D eigenvalue weighted by molar-refractivity contribution is -0.142. The molecule has 0 amide bonds. The summed E-state index contributed by atoms with van der Waals surface area (Å²) in [7, 11) is 0. The van der Waals surface area contributed by atoms with Gasteiger partial charge in [0.05, 0.1) is 18.7 Å². The molecule has 112 valence electrons. The van der Waals surface area contributed by atoms with Crippen molar-refractivity contribution in [1.82, 2.24) is 4.98 Å². The second-order valence-electron chi connectivity index (χ2n) is 3.65. The number of alkyl halides is 5. The van der Waals surface area contributed by atoms with E-state index in [2.05, 4.69) is 9.72 Å². The lowest BCUT2D eigenvalue weighted by Crippen LogP contribution is -2.15. The molecule has 3 nitrogen and oxygen atoms in total. The van der Waals surface area contributed by atoms with Crippen molar-refractivity contribution >= 4 is 17.6 Å². The average molecular weight is 318 g/mol. The molecule has 0 atom stereocenters. The van der Waals surface area contributed by atoms with Gasteiger partial charge in [-0.25, -0.2) is 13.8 Å². The molecule has 1 rings (SSSR count). The number of rotatable bonds is 4. The van der Waals surface area contributed by atoms with Crippen molar-refractivity contribution in [2.75, 3.05) is 6.61 Å². The predicted octanol–water partition coefficient (Wildman–Crippen LogP) is 3.80. The fraction of sp³-hybridized carbons (Fsp3) is 0.455. The van der Waals surface area contributed by atoms with Crippen molar-refractivity contribution in [3.8, 4) is 0 Å². The van der Waals surface area contributed by atoms with E-state index in [1.807, 2.05) is 0 Å². The van der Waals surface area contributed by atoms with Gasteiger partial charge in [-0.1, -0.05) is 11.6 Å². The van der Waals surface area contributed by atoms with Gasteiger partial charge in [-0.15, -0.1) is 0 Å². The zero-order chi connectivity index (χ0) is 15.5. The van der Waals surface area contributed by atoms with Crippen LogP contribution in [0.2, 0.25) is 5.15 Å². The number of carbonyl (C=O) groups is 1. The Kier molecular flexibility index (Phi) is 5.27. The lowest BCUT2D eigenvalue weighted by Gasteiger charge is -2.15. The summed E-state index contributed by atoms with van der Waals surface area (Å²) in [5, 5.41) is -1.12. The van der Waals surface area contributed by atoms with E-state index in [0.29, 0.717) is 6.07 Å². The van der Waals surface area contributed by atoms with Crippen LogP contribution in [0.4, 0.5) is 22.0 Å². The molecule has 0 unspecified atom stereocenters. The summed E-state index contributed by atoms with van der Waals surface area (Å²) >= 11 is 5.31. The smallest absolute Gasteiger partial charge is 0.419 e. The third-order valence-electron chi connectivity index (χ3n) is 2.21. The van der Waals surface area contributed by atoms with E-state index in [0.717, 1.165) is 0 Å². The summed E-state index contributed by atoms with van der Waals surface area (Å²) in [5.41, 5.74) is -3.31. The molecule has 0 spiro atoms. The van der Waals surface area contributed by atoms with Crippen molar-refractivity contribution in [3.05, 3.63) is 28.0 Å². The molecule has 20 heavy (non-hydrogen) atoms. The Morgan fingerprint density at radius 3 is 2.50 bits per heavy atom. The van der Waals surface area contributed by atoms with Crippen LogP contribution in [0.1, 0.15) is 30.2 Å². The highest BCUT2D eigenvalue weighted by Gasteiger charge is 2.39. The second-order valence-corrected chi connectivity index (χ2v) is 4.01. The van der Waals surface area contributed by atoms with Crippen LogP contribution in [-0.2, 0) is 22.1 Å². The first kappa shape index (κ1) is 16.6. The SMILES string of the molecule is CCOC(=O)Cc1cc(C(F)F)c(C(F)(F)F)c(Cl)n1. The molecular weight excluding hydrogens is 309 g/mol. The van der Waals surface area contributed by atoms with Crippen molar-refractivity contribution in [3.63, 3.8) is 0 Å². The maximum absolute atomic E-state index is 12.7. The van der Waals surface area contributed by atoms with Gasteiger partial charge in [0, 0.05) is 5.56 Å². The molecule has 0 saturated carbocycles. The fourth-order valence-corrected chi connectivity index (χ4v) is 1.81. The van der Waals surface area contributed by atoms with E-state index < -0.39 is 41.3 Å². The van der Waals surface area contributed by atoms with Gasteiger partial charge in [-0.2, -0.15) is 13.2 Å².